The van der Waals surface area contributed by atoms with E-state index in [1.807, 2.05) is 30.3 Å². The van der Waals surface area contributed by atoms with Crippen LogP contribution in [0.4, 0.5) is 0 Å². The normalized spacial score (nSPS) is 10.6. The van der Waals surface area contributed by atoms with E-state index < -0.39 is 0 Å². The zero-order chi connectivity index (χ0) is 14.4. The first-order chi connectivity index (χ1) is 9.69. The molecule has 1 nitrogen and oxygen atoms in total. The molecule has 3 heteroatoms. The number of halogens is 2. The number of unbranched alkanes of at least 4 members (excludes halogenated alkanes) is 1. The van der Waals surface area contributed by atoms with Crippen LogP contribution in [0.15, 0.2) is 46.9 Å². The van der Waals surface area contributed by atoms with Crippen LogP contribution in [-0.2, 0) is 13.0 Å². The largest absolute Gasteiger partial charge is 0.489 e. The first-order valence-electron chi connectivity index (χ1n) is 6.84. The second-order valence-electron chi connectivity index (χ2n) is 4.77. The lowest BCUT2D eigenvalue weighted by Gasteiger charge is -2.09. The molecule has 106 valence electrons. The third-order valence-electron chi connectivity index (χ3n) is 3.15. The SMILES string of the molecule is CCCCc1ccc(OCc2ccc(Br)cc2Cl)cc1. The molecular formula is C17H18BrClO. The summed E-state index contributed by atoms with van der Waals surface area (Å²) in [6.45, 7) is 2.69. The molecule has 0 atom stereocenters. The fourth-order valence-electron chi connectivity index (χ4n) is 1.93. The zero-order valence-electron chi connectivity index (χ0n) is 11.5. The van der Waals surface area contributed by atoms with Gasteiger partial charge in [0.1, 0.15) is 12.4 Å². The van der Waals surface area contributed by atoms with E-state index in [0.717, 1.165) is 27.2 Å². The summed E-state index contributed by atoms with van der Waals surface area (Å²) in [7, 11) is 0. The van der Waals surface area contributed by atoms with E-state index in [0.29, 0.717) is 6.61 Å². The van der Waals surface area contributed by atoms with Crippen LogP contribution in [0.2, 0.25) is 5.02 Å². The standard InChI is InChI=1S/C17H18BrClO/c1-2-3-4-13-5-9-16(10-6-13)20-12-14-7-8-15(18)11-17(14)19/h5-11H,2-4,12H2,1H3. The summed E-state index contributed by atoms with van der Waals surface area (Å²) in [5.74, 6) is 0.879. The minimum atomic E-state index is 0.487. The highest BCUT2D eigenvalue weighted by atomic mass is 79.9. The quantitative estimate of drug-likeness (QED) is 0.616. The first-order valence-corrected chi connectivity index (χ1v) is 8.02. The Bertz CT molecular complexity index is 551. The Kier molecular flexibility index (Phi) is 5.93. The van der Waals surface area contributed by atoms with Crippen LogP contribution in [0.5, 0.6) is 5.75 Å². The first kappa shape index (κ1) is 15.4. The smallest absolute Gasteiger partial charge is 0.119 e. The monoisotopic (exact) mass is 352 g/mol. The molecule has 2 aromatic rings. The van der Waals surface area contributed by atoms with Crippen molar-refractivity contribution in [3.05, 3.63) is 63.1 Å². The topological polar surface area (TPSA) is 9.23 Å². The predicted octanol–water partition coefficient (Wildman–Crippen LogP) is 6.02. The summed E-state index contributed by atoms with van der Waals surface area (Å²) in [5.41, 5.74) is 2.35. The Hall–Kier alpha value is -0.990. The van der Waals surface area contributed by atoms with Crippen molar-refractivity contribution in [2.45, 2.75) is 32.8 Å². The van der Waals surface area contributed by atoms with E-state index in [9.17, 15) is 0 Å². The van der Waals surface area contributed by atoms with Gasteiger partial charge in [0.2, 0.25) is 0 Å². The molecule has 0 N–H and O–H groups in total. The van der Waals surface area contributed by atoms with Crippen molar-refractivity contribution < 1.29 is 4.74 Å². The van der Waals surface area contributed by atoms with Crippen LogP contribution < -0.4 is 4.74 Å². The van der Waals surface area contributed by atoms with Gasteiger partial charge in [0.05, 0.1) is 0 Å². The van der Waals surface area contributed by atoms with Crippen molar-refractivity contribution in [1.82, 2.24) is 0 Å². The average Bonchev–Trinajstić information content (AvgIpc) is 2.45. The summed E-state index contributed by atoms with van der Waals surface area (Å²) in [4.78, 5) is 0. The highest BCUT2D eigenvalue weighted by Crippen LogP contribution is 2.23. The van der Waals surface area contributed by atoms with Crippen molar-refractivity contribution in [2.75, 3.05) is 0 Å². The number of rotatable bonds is 6. The van der Waals surface area contributed by atoms with Crippen LogP contribution in [0.25, 0.3) is 0 Å². The van der Waals surface area contributed by atoms with Crippen molar-refractivity contribution in [3.63, 3.8) is 0 Å². The minimum absolute atomic E-state index is 0.487. The maximum Gasteiger partial charge on any atom is 0.119 e. The van der Waals surface area contributed by atoms with Crippen LogP contribution in [0, 0.1) is 0 Å². The van der Waals surface area contributed by atoms with Gasteiger partial charge in [-0.25, -0.2) is 0 Å². The molecule has 0 amide bonds. The van der Waals surface area contributed by atoms with Gasteiger partial charge in [0.25, 0.3) is 0 Å². The van der Waals surface area contributed by atoms with Gasteiger partial charge in [-0.2, -0.15) is 0 Å². The van der Waals surface area contributed by atoms with Crippen molar-refractivity contribution >= 4 is 27.5 Å². The summed E-state index contributed by atoms with van der Waals surface area (Å²) in [6.07, 6.45) is 3.59. The molecule has 20 heavy (non-hydrogen) atoms. The van der Waals surface area contributed by atoms with E-state index >= 15 is 0 Å². The van der Waals surface area contributed by atoms with Crippen molar-refractivity contribution in [2.24, 2.45) is 0 Å². The molecule has 0 heterocycles. The van der Waals surface area contributed by atoms with Crippen LogP contribution in [-0.4, -0.2) is 0 Å². The van der Waals surface area contributed by atoms with E-state index in [1.165, 1.54) is 18.4 Å². The molecule has 0 bridgehead atoms. The Morgan fingerprint density at radius 2 is 1.85 bits per heavy atom. The molecule has 0 fully saturated rings. The highest BCUT2D eigenvalue weighted by Gasteiger charge is 2.02. The predicted molar refractivity (Wildman–Crippen MR) is 88.5 cm³/mol. The number of hydrogen-bond acceptors (Lipinski definition) is 1. The fraction of sp³-hybridized carbons (Fsp3) is 0.294. The lowest BCUT2D eigenvalue weighted by atomic mass is 10.1. The molecule has 2 rings (SSSR count). The molecule has 0 saturated carbocycles. The number of ether oxygens (including phenoxy) is 1. The van der Waals surface area contributed by atoms with Gasteiger partial charge in [0.15, 0.2) is 0 Å². The number of hydrogen-bond donors (Lipinski definition) is 0. The highest BCUT2D eigenvalue weighted by molar-refractivity contribution is 9.10. The van der Waals surface area contributed by atoms with E-state index in [2.05, 4.69) is 35.0 Å². The molecule has 0 radical (unpaired) electrons. The summed E-state index contributed by atoms with van der Waals surface area (Å²) in [5, 5.41) is 0.721. The third-order valence-corrected chi connectivity index (χ3v) is 4.00. The van der Waals surface area contributed by atoms with Crippen LogP contribution in [0.1, 0.15) is 30.9 Å². The number of benzene rings is 2. The zero-order valence-corrected chi connectivity index (χ0v) is 13.9. The maximum absolute atomic E-state index is 6.17. The van der Waals surface area contributed by atoms with Gasteiger partial charge in [-0.3, -0.25) is 0 Å². The third kappa shape index (κ3) is 4.53. The second-order valence-corrected chi connectivity index (χ2v) is 6.09. The van der Waals surface area contributed by atoms with E-state index in [-0.39, 0.29) is 0 Å². The maximum atomic E-state index is 6.17. The lowest BCUT2D eigenvalue weighted by molar-refractivity contribution is 0.306. The van der Waals surface area contributed by atoms with Gasteiger partial charge in [0, 0.05) is 15.1 Å². The van der Waals surface area contributed by atoms with Gasteiger partial charge >= 0.3 is 0 Å². The molecule has 2 aromatic carbocycles. The number of aryl methyl sites for hydroxylation is 1. The van der Waals surface area contributed by atoms with Gasteiger partial charge in [-0.05, 0) is 42.7 Å². The molecule has 0 aliphatic heterocycles. The summed E-state index contributed by atoms with van der Waals surface area (Å²) < 4.78 is 6.75. The summed E-state index contributed by atoms with van der Waals surface area (Å²) in [6, 6.07) is 14.1. The van der Waals surface area contributed by atoms with Crippen molar-refractivity contribution in [3.8, 4) is 5.75 Å². The average molecular weight is 354 g/mol. The molecule has 0 spiro atoms. The van der Waals surface area contributed by atoms with Gasteiger partial charge in [-0.1, -0.05) is 59.1 Å². The second kappa shape index (κ2) is 7.70. The van der Waals surface area contributed by atoms with Crippen LogP contribution >= 0.6 is 27.5 Å². The molecule has 0 aliphatic rings. The Morgan fingerprint density at radius 3 is 2.50 bits per heavy atom. The molecule has 0 aromatic heterocycles. The summed E-state index contributed by atoms with van der Waals surface area (Å²) >= 11 is 9.56. The molecule has 0 saturated heterocycles. The fourth-order valence-corrected chi connectivity index (χ4v) is 2.66. The van der Waals surface area contributed by atoms with E-state index in [4.69, 9.17) is 16.3 Å². The van der Waals surface area contributed by atoms with Gasteiger partial charge < -0.3 is 4.74 Å². The Balaban J connectivity index is 1.93. The molecule has 0 aliphatic carbocycles. The molecule has 0 unspecified atom stereocenters. The Morgan fingerprint density at radius 1 is 1.10 bits per heavy atom. The van der Waals surface area contributed by atoms with Crippen LogP contribution in [0.3, 0.4) is 0 Å². The van der Waals surface area contributed by atoms with Gasteiger partial charge in [-0.15, -0.1) is 0 Å². The molecular weight excluding hydrogens is 336 g/mol. The lowest BCUT2D eigenvalue weighted by Crippen LogP contribution is -1.96. The van der Waals surface area contributed by atoms with E-state index in [1.54, 1.807) is 0 Å². The van der Waals surface area contributed by atoms with Crippen molar-refractivity contribution in [1.29, 1.82) is 0 Å². The minimum Gasteiger partial charge on any atom is -0.489 e. The Labute approximate surface area is 134 Å².